The van der Waals surface area contributed by atoms with Crippen molar-refractivity contribution in [3.05, 3.63) is 59.9 Å². The Morgan fingerprint density at radius 1 is 1.15 bits per heavy atom. The van der Waals surface area contributed by atoms with E-state index >= 15 is 0 Å². The van der Waals surface area contributed by atoms with Gasteiger partial charge in [0.05, 0.1) is 10.7 Å². The van der Waals surface area contributed by atoms with E-state index in [9.17, 15) is 4.39 Å². The van der Waals surface area contributed by atoms with Gasteiger partial charge < -0.3 is 0 Å². The maximum atomic E-state index is 12.8. The molecule has 0 aliphatic heterocycles. The summed E-state index contributed by atoms with van der Waals surface area (Å²) in [6.45, 7) is 4.15. The number of hydrogen-bond donors (Lipinski definition) is 0. The zero-order chi connectivity index (χ0) is 14.4. The first-order chi connectivity index (χ1) is 9.67. The zero-order valence-corrected chi connectivity index (χ0v) is 13.1. The van der Waals surface area contributed by atoms with Gasteiger partial charge in [-0.25, -0.2) is 9.38 Å². The highest BCUT2D eigenvalue weighted by Crippen LogP contribution is 2.34. The summed E-state index contributed by atoms with van der Waals surface area (Å²) in [5, 5.41) is 1.06. The maximum Gasteiger partial charge on any atom is 0.123 e. The second kappa shape index (κ2) is 7.50. The summed E-state index contributed by atoms with van der Waals surface area (Å²) in [6, 6.07) is 14.7. The zero-order valence-electron chi connectivity index (χ0n) is 11.5. The van der Waals surface area contributed by atoms with E-state index in [1.165, 1.54) is 17.7 Å². The molecule has 1 nitrogen and oxygen atoms in total. The van der Waals surface area contributed by atoms with Crippen molar-refractivity contribution in [2.24, 2.45) is 4.99 Å². The minimum Gasteiger partial charge on any atom is -0.246 e. The number of aliphatic imine (C=N–C) groups is 1. The highest BCUT2D eigenvalue weighted by molar-refractivity contribution is 8.82. The third-order valence-corrected chi connectivity index (χ3v) is 5.13. The predicted octanol–water partition coefficient (Wildman–Crippen LogP) is 6.01. The van der Waals surface area contributed by atoms with Crippen molar-refractivity contribution in [3.63, 3.8) is 0 Å². The van der Waals surface area contributed by atoms with Crippen LogP contribution < -0.4 is 0 Å². The number of benzene rings is 2. The molecule has 0 aliphatic rings. The van der Waals surface area contributed by atoms with Gasteiger partial charge in [-0.3, -0.25) is 0 Å². The molecule has 0 N–H and O–H groups in total. The average molecular weight is 305 g/mol. The van der Waals surface area contributed by atoms with Crippen LogP contribution in [0.3, 0.4) is 0 Å². The molecule has 0 amide bonds. The number of halogens is 1. The van der Waals surface area contributed by atoms with Gasteiger partial charge in [0.1, 0.15) is 5.82 Å². The molecule has 2 rings (SSSR count). The van der Waals surface area contributed by atoms with Crippen LogP contribution in [0.4, 0.5) is 10.1 Å². The smallest absolute Gasteiger partial charge is 0.123 e. The monoisotopic (exact) mass is 305 g/mol. The van der Waals surface area contributed by atoms with E-state index in [1.54, 1.807) is 33.7 Å². The molecule has 104 valence electrons. The molecule has 4 heteroatoms. The predicted molar refractivity (Wildman–Crippen MR) is 88.4 cm³/mol. The topological polar surface area (TPSA) is 12.4 Å². The fraction of sp³-hybridized carbons (Fsp3) is 0.188. The van der Waals surface area contributed by atoms with Crippen LogP contribution in [-0.2, 0) is 0 Å². The molecule has 0 aromatic heterocycles. The van der Waals surface area contributed by atoms with Crippen molar-refractivity contribution < 1.29 is 4.39 Å². The lowest BCUT2D eigenvalue weighted by molar-refractivity contribution is 0.626. The Labute approximate surface area is 127 Å². The van der Waals surface area contributed by atoms with Gasteiger partial charge in [0.15, 0.2) is 0 Å². The number of aryl methyl sites for hydroxylation is 1. The highest BCUT2D eigenvalue weighted by atomic mass is 33.1. The van der Waals surface area contributed by atoms with Crippen molar-refractivity contribution in [1.29, 1.82) is 0 Å². The van der Waals surface area contributed by atoms with Crippen LogP contribution in [0.15, 0.2) is 58.4 Å². The number of nitrogens with zero attached hydrogens (tertiary/aromatic N) is 1. The first kappa shape index (κ1) is 15.1. The summed E-state index contributed by atoms with van der Waals surface area (Å²) >= 11 is 0. The summed E-state index contributed by atoms with van der Waals surface area (Å²) in [7, 11) is 3.23. The van der Waals surface area contributed by atoms with E-state index in [-0.39, 0.29) is 5.82 Å². The molecular formula is C16H16FNS2. The van der Waals surface area contributed by atoms with Gasteiger partial charge >= 0.3 is 0 Å². The summed E-state index contributed by atoms with van der Waals surface area (Å²) < 4.78 is 12.8. The van der Waals surface area contributed by atoms with E-state index in [4.69, 9.17) is 0 Å². The minimum absolute atomic E-state index is 0.205. The summed E-state index contributed by atoms with van der Waals surface area (Å²) in [5.41, 5.74) is 2.19. The summed E-state index contributed by atoms with van der Waals surface area (Å²) in [4.78, 5) is 5.68. The number of hydrogen-bond acceptors (Lipinski definition) is 3. The SMILES string of the molecule is CCC(=Nc1cccc(C)c1)SSc1ccc(F)cc1. The van der Waals surface area contributed by atoms with Gasteiger partial charge in [-0.05, 0) is 66.1 Å². The molecule has 0 radical (unpaired) electrons. The third-order valence-electron chi connectivity index (χ3n) is 2.61. The second-order valence-electron chi connectivity index (χ2n) is 4.32. The lowest BCUT2D eigenvalue weighted by atomic mass is 10.2. The Morgan fingerprint density at radius 3 is 2.55 bits per heavy atom. The van der Waals surface area contributed by atoms with Crippen LogP contribution in [0.1, 0.15) is 18.9 Å². The van der Waals surface area contributed by atoms with E-state index in [2.05, 4.69) is 31.0 Å². The lowest BCUT2D eigenvalue weighted by Crippen LogP contribution is -1.86. The highest BCUT2D eigenvalue weighted by Gasteiger charge is 2.02. The molecule has 0 unspecified atom stereocenters. The quantitative estimate of drug-likeness (QED) is 0.389. The van der Waals surface area contributed by atoms with Crippen LogP contribution >= 0.6 is 21.6 Å². The molecule has 0 bridgehead atoms. The molecule has 2 aromatic rings. The minimum atomic E-state index is -0.205. The van der Waals surface area contributed by atoms with E-state index < -0.39 is 0 Å². The van der Waals surface area contributed by atoms with Crippen LogP contribution in [-0.4, -0.2) is 5.04 Å². The molecule has 0 fully saturated rings. The average Bonchev–Trinajstić information content (AvgIpc) is 2.45. The van der Waals surface area contributed by atoms with Crippen molar-refractivity contribution in [2.75, 3.05) is 0 Å². The molecule has 0 heterocycles. The van der Waals surface area contributed by atoms with Gasteiger partial charge in [-0.2, -0.15) is 0 Å². The van der Waals surface area contributed by atoms with Crippen molar-refractivity contribution in [2.45, 2.75) is 25.2 Å². The largest absolute Gasteiger partial charge is 0.246 e. The van der Waals surface area contributed by atoms with Crippen molar-refractivity contribution >= 4 is 32.3 Å². The third kappa shape index (κ3) is 4.69. The van der Waals surface area contributed by atoms with Crippen LogP contribution in [0.25, 0.3) is 0 Å². The molecule has 0 spiro atoms. The fourth-order valence-corrected chi connectivity index (χ4v) is 3.66. The summed E-state index contributed by atoms with van der Waals surface area (Å²) in [5.74, 6) is -0.205. The van der Waals surface area contributed by atoms with Gasteiger partial charge in [-0.1, -0.05) is 29.9 Å². The van der Waals surface area contributed by atoms with E-state index in [1.807, 2.05) is 12.1 Å². The molecule has 2 aromatic carbocycles. The van der Waals surface area contributed by atoms with Gasteiger partial charge in [-0.15, -0.1) is 0 Å². The summed E-state index contributed by atoms with van der Waals surface area (Å²) in [6.07, 6.45) is 0.882. The maximum absolute atomic E-state index is 12.8. The van der Waals surface area contributed by atoms with Crippen LogP contribution in [0.5, 0.6) is 0 Å². The lowest BCUT2D eigenvalue weighted by Gasteiger charge is -2.04. The van der Waals surface area contributed by atoms with Gasteiger partial charge in [0, 0.05) is 4.90 Å². The molecule has 0 atom stereocenters. The Kier molecular flexibility index (Phi) is 5.68. The Hall–Kier alpha value is -1.26. The van der Waals surface area contributed by atoms with Crippen molar-refractivity contribution in [3.8, 4) is 0 Å². The first-order valence-corrected chi connectivity index (χ1v) is 8.56. The van der Waals surface area contributed by atoms with Crippen LogP contribution in [0, 0.1) is 12.7 Å². The fourth-order valence-electron chi connectivity index (χ4n) is 1.58. The molecule has 20 heavy (non-hydrogen) atoms. The second-order valence-corrected chi connectivity index (χ2v) is 6.59. The molecule has 0 aliphatic carbocycles. The normalized spacial score (nSPS) is 11.7. The molecular weight excluding hydrogens is 289 g/mol. The van der Waals surface area contributed by atoms with E-state index in [0.717, 1.165) is 22.0 Å². The molecule has 0 saturated carbocycles. The Morgan fingerprint density at radius 2 is 1.90 bits per heavy atom. The Bertz CT molecular complexity index is 594. The Balaban J connectivity index is 2.03. The van der Waals surface area contributed by atoms with E-state index in [0.29, 0.717) is 0 Å². The van der Waals surface area contributed by atoms with Gasteiger partial charge in [0.2, 0.25) is 0 Å². The number of rotatable bonds is 4. The first-order valence-electron chi connectivity index (χ1n) is 6.41. The standard InChI is InChI=1S/C16H16FNS2/c1-3-16(18-14-6-4-5-12(2)11-14)20-19-15-9-7-13(17)8-10-15/h4-11H,3H2,1-2H3. The van der Waals surface area contributed by atoms with Crippen molar-refractivity contribution in [1.82, 2.24) is 0 Å². The molecule has 0 saturated heterocycles. The van der Waals surface area contributed by atoms with Gasteiger partial charge in [0.25, 0.3) is 0 Å². The van der Waals surface area contributed by atoms with Crippen LogP contribution in [0.2, 0.25) is 0 Å².